The Kier molecular flexibility index (Phi) is 4.94. The summed E-state index contributed by atoms with van der Waals surface area (Å²) in [5.41, 5.74) is 1.63. The Bertz CT molecular complexity index is 1020. The molecule has 0 bridgehead atoms. The summed E-state index contributed by atoms with van der Waals surface area (Å²) in [6.07, 6.45) is 0. The first-order valence-corrected chi connectivity index (χ1v) is 8.15. The van der Waals surface area contributed by atoms with Gasteiger partial charge < -0.3 is 19.8 Å². The maximum Gasteiger partial charge on any atom is 0.341 e. The fourth-order valence-corrected chi connectivity index (χ4v) is 2.84. The minimum Gasteiger partial charge on any atom is -0.496 e. The van der Waals surface area contributed by atoms with E-state index in [1.807, 2.05) is 24.3 Å². The first-order chi connectivity index (χ1) is 12.9. The number of aromatic amines is 1. The zero-order chi connectivity index (χ0) is 19.6. The number of hydrogen-bond donors (Lipinski definition) is 2. The molecule has 0 radical (unpaired) electrons. The van der Waals surface area contributed by atoms with E-state index in [0.717, 1.165) is 10.9 Å². The van der Waals surface area contributed by atoms with Crippen LogP contribution in [0.3, 0.4) is 0 Å². The van der Waals surface area contributed by atoms with Crippen LogP contribution < -0.4 is 10.1 Å². The van der Waals surface area contributed by atoms with Gasteiger partial charge in [0.1, 0.15) is 11.3 Å². The lowest BCUT2D eigenvalue weighted by atomic mass is 10.0. The van der Waals surface area contributed by atoms with Crippen LogP contribution in [0.5, 0.6) is 5.75 Å². The van der Waals surface area contributed by atoms with E-state index >= 15 is 0 Å². The number of methoxy groups -OCH3 is 2. The summed E-state index contributed by atoms with van der Waals surface area (Å²) in [7, 11) is 2.63. The van der Waals surface area contributed by atoms with Gasteiger partial charge in [-0.2, -0.15) is 0 Å². The van der Waals surface area contributed by atoms with Gasteiger partial charge in [0, 0.05) is 29.5 Å². The number of para-hydroxylation sites is 1. The van der Waals surface area contributed by atoms with Crippen LogP contribution >= 0.6 is 0 Å². The zero-order valence-corrected chi connectivity index (χ0v) is 15.1. The molecule has 3 rings (SSSR count). The van der Waals surface area contributed by atoms with Crippen LogP contribution in [0.25, 0.3) is 10.9 Å². The van der Waals surface area contributed by atoms with E-state index in [9.17, 15) is 14.4 Å². The SMILES string of the molecule is COC(=O)c1cc(C(=O)c2cc3ccccc3[nH]2)c(NC(C)=O)cc1OC. The maximum atomic E-state index is 13.1. The van der Waals surface area contributed by atoms with Crippen molar-refractivity contribution in [2.75, 3.05) is 19.5 Å². The van der Waals surface area contributed by atoms with Crippen molar-refractivity contribution < 1.29 is 23.9 Å². The molecule has 27 heavy (non-hydrogen) atoms. The number of hydrogen-bond acceptors (Lipinski definition) is 5. The molecule has 2 aromatic carbocycles. The molecule has 2 N–H and O–H groups in total. The molecule has 3 aromatic rings. The van der Waals surface area contributed by atoms with E-state index < -0.39 is 5.97 Å². The highest BCUT2D eigenvalue weighted by Crippen LogP contribution is 2.30. The average Bonchev–Trinajstić information content (AvgIpc) is 3.10. The molecule has 1 aromatic heterocycles. The van der Waals surface area contributed by atoms with Crippen molar-refractivity contribution in [1.29, 1.82) is 0 Å². The van der Waals surface area contributed by atoms with Crippen molar-refractivity contribution >= 4 is 34.3 Å². The molecule has 7 heteroatoms. The molecule has 7 nitrogen and oxygen atoms in total. The van der Waals surface area contributed by atoms with Crippen molar-refractivity contribution in [3.63, 3.8) is 0 Å². The highest BCUT2D eigenvalue weighted by atomic mass is 16.5. The number of esters is 1. The zero-order valence-electron chi connectivity index (χ0n) is 15.1. The monoisotopic (exact) mass is 366 g/mol. The van der Waals surface area contributed by atoms with E-state index in [4.69, 9.17) is 9.47 Å². The van der Waals surface area contributed by atoms with Gasteiger partial charge in [-0.05, 0) is 18.2 Å². The molecule has 0 aliphatic heterocycles. The highest BCUT2D eigenvalue weighted by molar-refractivity contribution is 6.15. The van der Waals surface area contributed by atoms with Crippen LogP contribution in [0.1, 0.15) is 33.3 Å². The van der Waals surface area contributed by atoms with Gasteiger partial charge >= 0.3 is 5.97 Å². The van der Waals surface area contributed by atoms with Gasteiger partial charge in [0.25, 0.3) is 0 Å². The first-order valence-electron chi connectivity index (χ1n) is 8.15. The van der Waals surface area contributed by atoms with Crippen molar-refractivity contribution in [3.8, 4) is 5.75 Å². The Morgan fingerprint density at radius 2 is 1.74 bits per heavy atom. The Labute approximate surface area is 155 Å². The van der Waals surface area contributed by atoms with E-state index in [1.54, 1.807) is 6.07 Å². The number of ketones is 1. The Hall–Kier alpha value is -3.61. The third-order valence-corrected chi connectivity index (χ3v) is 4.07. The number of H-pyrrole nitrogens is 1. The van der Waals surface area contributed by atoms with Crippen LogP contribution in [0.2, 0.25) is 0 Å². The molecule has 1 amide bonds. The summed E-state index contributed by atoms with van der Waals surface area (Å²) in [6, 6.07) is 12.0. The third-order valence-electron chi connectivity index (χ3n) is 4.07. The van der Waals surface area contributed by atoms with Gasteiger partial charge in [0.15, 0.2) is 0 Å². The number of fused-ring (bicyclic) bond motifs is 1. The normalized spacial score (nSPS) is 10.5. The summed E-state index contributed by atoms with van der Waals surface area (Å²) in [5.74, 6) is -1.18. The molecule has 0 saturated carbocycles. The van der Waals surface area contributed by atoms with Gasteiger partial charge in [0.2, 0.25) is 11.7 Å². The smallest absolute Gasteiger partial charge is 0.341 e. The number of rotatable bonds is 5. The maximum absolute atomic E-state index is 13.1. The third kappa shape index (κ3) is 3.52. The number of benzene rings is 2. The summed E-state index contributed by atoms with van der Waals surface area (Å²) in [5, 5.41) is 3.49. The minimum atomic E-state index is -0.646. The van der Waals surface area contributed by atoms with Crippen LogP contribution in [-0.2, 0) is 9.53 Å². The van der Waals surface area contributed by atoms with Crippen LogP contribution in [-0.4, -0.2) is 36.9 Å². The fourth-order valence-electron chi connectivity index (χ4n) is 2.84. The molecule has 0 aliphatic carbocycles. The van der Waals surface area contributed by atoms with E-state index in [1.165, 1.54) is 33.3 Å². The molecule has 0 unspecified atom stereocenters. The van der Waals surface area contributed by atoms with Crippen LogP contribution in [0.15, 0.2) is 42.5 Å². The minimum absolute atomic E-state index is 0.0913. The summed E-state index contributed by atoms with van der Waals surface area (Å²) >= 11 is 0. The molecule has 0 fully saturated rings. The van der Waals surface area contributed by atoms with E-state index in [0.29, 0.717) is 5.69 Å². The largest absolute Gasteiger partial charge is 0.496 e. The lowest BCUT2D eigenvalue weighted by molar-refractivity contribution is -0.114. The molecular formula is C20H18N2O5. The van der Waals surface area contributed by atoms with Crippen LogP contribution in [0, 0.1) is 0 Å². The van der Waals surface area contributed by atoms with Gasteiger partial charge in [-0.15, -0.1) is 0 Å². The molecule has 0 aliphatic rings. The number of ether oxygens (including phenoxy) is 2. The number of carbonyl (C=O) groups excluding carboxylic acids is 3. The molecule has 0 atom stereocenters. The molecular weight excluding hydrogens is 348 g/mol. The van der Waals surface area contributed by atoms with Gasteiger partial charge in [-0.25, -0.2) is 4.79 Å². The van der Waals surface area contributed by atoms with Gasteiger partial charge in [-0.3, -0.25) is 9.59 Å². The highest BCUT2D eigenvalue weighted by Gasteiger charge is 2.23. The topological polar surface area (TPSA) is 97.5 Å². The second-order valence-corrected chi connectivity index (χ2v) is 5.87. The summed E-state index contributed by atoms with van der Waals surface area (Å²) in [4.78, 5) is 39.8. The second kappa shape index (κ2) is 7.33. The summed E-state index contributed by atoms with van der Waals surface area (Å²) < 4.78 is 9.97. The summed E-state index contributed by atoms with van der Waals surface area (Å²) in [6.45, 7) is 1.33. The Morgan fingerprint density at radius 1 is 1.00 bits per heavy atom. The van der Waals surface area contributed by atoms with Crippen molar-refractivity contribution in [2.24, 2.45) is 0 Å². The standard InChI is InChI=1S/C20H18N2O5/c1-11(23)21-16-10-18(26-2)14(20(25)27-3)9-13(16)19(24)17-8-12-6-4-5-7-15(12)22-17/h4-10,22H,1-3H3,(H,21,23). The van der Waals surface area contributed by atoms with Crippen molar-refractivity contribution in [2.45, 2.75) is 6.92 Å². The lowest BCUT2D eigenvalue weighted by Gasteiger charge is -2.14. The van der Waals surface area contributed by atoms with Crippen molar-refractivity contribution in [1.82, 2.24) is 4.98 Å². The first kappa shape index (κ1) is 18.2. The molecule has 1 heterocycles. The van der Waals surface area contributed by atoms with Gasteiger partial charge in [0.05, 0.1) is 25.6 Å². The number of carbonyl (C=O) groups is 3. The fraction of sp³-hybridized carbons (Fsp3) is 0.150. The molecule has 138 valence electrons. The number of anilines is 1. The number of aromatic nitrogens is 1. The van der Waals surface area contributed by atoms with Crippen LogP contribution in [0.4, 0.5) is 5.69 Å². The number of amides is 1. The molecule has 0 saturated heterocycles. The predicted octanol–water partition coefficient (Wildman–Crippen LogP) is 3.15. The Balaban J connectivity index is 2.16. The van der Waals surface area contributed by atoms with Crippen molar-refractivity contribution in [3.05, 3.63) is 59.3 Å². The lowest BCUT2D eigenvalue weighted by Crippen LogP contribution is -2.14. The second-order valence-electron chi connectivity index (χ2n) is 5.87. The Morgan fingerprint density at radius 3 is 2.37 bits per heavy atom. The van der Waals surface area contributed by atoms with Gasteiger partial charge in [-0.1, -0.05) is 18.2 Å². The van der Waals surface area contributed by atoms with E-state index in [2.05, 4.69) is 10.3 Å². The van der Waals surface area contributed by atoms with E-state index in [-0.39, 0.29) is 34.3 Å². The molecule has 0 spiro atoms. The predicted molar refractivity (Wildman–Crippen MR) is 100 cm³/mol. The number of nitrogens with one attached hydrogen (secondary N) is 2. The quantitative estimate of drug-likeness (QED) is 0.534. The average molecular weight is 366 g/mol.